The highest BCUT2D eigenvalue weighted by atomic mass is 14.2. The van der Waals surface area contributed by atoms with E-state index in [-0.39, 0.29) is 10.8 Å². The Morgan fingerprint density at radius 1 is 0.562 bits per heavy atom. The maximum Gasteiger partial charge on any atom is 0.111 e. The molecule has 8 radical (unpaired) electrons. The van der Waals surface area contributed by atoms with Crippen molar-refractivity contribution in [2.24, 2.45) is 10.8 Å². The van der Waals surface area contributed by atoms with E-state index < -0.39 is 0 Å². The van der Waals surface area contributed by atoms with E-state index in [1.54, 1.807) is 0 Å². The topological polar surface area (TPSA) is 0 Å². The first-order chi connectivity index (χ1) is 6.89. The predicted molar refractivity (Wildman–Crippen MR) is 76.0 cm³/mol. The summed E-state index contributed by atoms with van der Waals surface area (Å²) in [5.41, 5.74) is 1.48. The summed E-state index contributed by atoms with van der Waals surface area (Å²) in [5.74, 6) is 0. The summed E-state index contributed by atoms with van der Waals surface area (Å²) in [7, 11) is 23.8. The van der Waals surface area contributed by atoms with Gasteiger partial charge in [0.1, 0.15) is 31.4 Å². The van der Waals surface area contributed by atoms with Gasteiger partial charge in [-0.25, -0.2) is 0 Å². The minimum Gasteiger partial charge on any atom is -0.120 e. The van der Waals surface area contributed by atoms with Crippen molar-refractivity contribution >= 4 is 31.4 Å². The highest BCUT2D eigenvalue weighted by molar-refractivity contribution is 6.44. The van der Waals surface area contributed by atoms with Crippen molar-refractivity contribution < 1.29 is 0 Å². The van der Waals surface area contributed by atoms with Crippen molar-refractivity contribution in [3.05, 3.63) is 21.9 Å². The van der Waals surface area contributed by atoms with E-state index in [2.05, 4.69) is 0 Å². The second-order valence-electron chi connectivity index (χ2n) is 6.15. The number of hydrogen-bond donors (Lipinski definition) is 0. The number of hydrogen-bond acceptors (Lipinski definition) is 0. The van der Waals surface area contributed by atoms with Crippen molar-refractivity contribution in [1.29, 1.82) is 0 Å². The summed E-state index contributed by atoms with van der Waals surface area (Å²) in [6, 6.07) is 0. The molecule has 0 unspecified atom stereocenters. The zero-order valence-electron chi connectivity index (χ0n) is 11.3. The molecule has 78 valence electrons. The zero-order valence-corrected chi connectivity index (χ0v) is 11.3. The first-order valence-electron chi connectivity index (χ1n) is 5.40. The molecule has 0 atom stereocenters. The second kappa shape index (κ2) is 4.94. The summed E-state index contributed by atoms with van der Waals surface area (Å²) < 4.78 is 0. The molecule has 0 aliphatic carbocycles. The molecule has 0 amide bonds. The Morgan fingerprint density at radius 2 is 0.750 bits per heavy atom. The van der Waals surface area contributed by atoms with Gasteiger partial charge in [-0.3, -0.25) is 0 Å². The molecule has 0 spiro atoms. The van der Waals surface area contributed by atoms with Crippen LogP contribution in [0.3, 0.4) is 0 Å². The average Bonchev–Trinajstić information content (AvgIpc) is 2.10. The van der Waals surface area contributed by atoms with Crippen molar-refractivity contribution in [2.75, 3.05) is 0 Å². The molecule has 0 heterocycles. The average molecular weight is 206 g/mol. The molecule has 0 N–H and O–H groups in total. The SMILES string of the molecule is [B]C(/C([B])=C(/[B])C(C)(C)C)=C(\[B])C(C)(C)C. The molecule has 4 heteroatoms. The Labute approximate surface area is 106 Å². The van der Waals surface area contributed by atoms with Crippen LogP contribution >= 0.6 is 0 Å². The minimum atomic E-state index is -0.215. The van der Waals surface area contributed by atoms with Crippen LogP contribution in [0.25, 0.3) is 0 Å². The Bertz CT molecular complexity index is 290. The van der Waals surface area contributed by atoms with Gasteiger partial charge in [0.05, 0.1) is 0 Å². The smallest absolute Gasteiger partial charge is 0.111 e. The van der Waals surface area contributed by atoms with Crippen LogP contribution in [-0.4, -0.2) is 31.4 Å². The number of allylic oxidation sites excluding steroid dienone is 4. The van der Waals surface area contributed by atoms with Crippen LogP contribution in [0, 0.1) is 10.8 Å². The molecule has 0 aliphatic heterocycles. The lowest BCUT2D eigenvalue weighted by Gasteiger charge is -2.29. The van der Waals surface area contributed by atoms with Gasteiger partial charge >= 0.3 is 0 Å². The first kappa shape index (κ1) is 15.7. The number of rotatable bonds is 1. The van der Waals surface area contributed by atoms with Crippen molar-refractivity contribution in [3.8, 4) is 0 Å². The van der Waals surface area contributed by atoms with Crippen LogP contribution in [0.1, 0.15) is 41.5 Å². The maximum absolute atomic E-state index is 5.96. The molecule has 0 aromatic rings. The maximum atomic E-state index is 5.96. The molecule has 0 aromatic heterocycles. The zero-order chi connectivity index (χ0) is 13.3. The van der Waals surface area contributed by atoms with E-state index in [0.29, 0.717) is 21.9 Å². The highest BCUT2D eigenvalue weighted by Gasteiger charge is 2.18. The molecule has 0 aromatic carbocycles. The van der Waals surface area contributed by atoms with Crippen molar-refractivity contribution in [2.45, 2.75) is 41.5 Å². The molecule has 0 nitrogen and oxygen atoms in total. The fourth-order valence-corrected chi connectivity index (χ4v) is 1.10. The highest BCUT2D eigenvalue weighted by Crippen LogP contribution is 2.30. The van der Waals surface area contributed by atoms with Crippen LogP contribution in [0.4, 0.5) is 0 Å². The van der Waals surface area contributed by atoms with Crippen molar-refractivity contribution in [3.63, 3.8) is 0 Å². The molecule has 0 saturated heterocycles. The van der Waals surface area contributed by atoms with Gasteiger partial charge in [0, 0.05) is 0 Å². The lowest BCUT2D eigenvalue weighted by molar-refractivity contribution is 0.523. The van der Waals surface area contributed by atoms with Crippen LogP contribution < -0.4 is 0 Å². The van der Waals surface area contributed by atoms with Gasteiger partial charge in [-0.05, 0) is 10.8 Å². The summed E-state index contributed by atoms with van der Waals surface area (Å²) >= 11 is 0. The van der Waals surface area contributed by atoms with E-state index in [4.69, 9.17) is 31.4 Å². The first-order valence-corrected chi connectivity index (χ1v) is 5.40. The minimum absolute atomic E-state index is 0.215. The molecule has 0 rings (SSSR count). The summed E-state index contributed by atoms with van der Waals surface area (Å²) in [5, 5.41) is 0. The van der Waals surface area contributed by atoms with Crippen LogP contribution in [0.5, 0.6) is 0 Å². The van der Waals surface area contributed by atoms with Crippen LogP contribution in [0.15, 0.2) is 21.9 Å². The predicted octanol–water partition coefficient (Wildman–Crippen LogP) is 2.18. The monoisotopic (exact) mass is 206 g/mol. The Balaban J connectivity index is 5.55. The standard InChI is InChI=1S/C12H18B4/c1-11(2,3)9(15)7(13)8(14)10(16)12(4,5)6/h1-6H3/b9-7-,10-8-. The van der Waals surface area contributed by atoms with E-state index >= 15 is 0 Å². The largest absolute Gasteiger partial charge is 0.120 e. The third-order valence-corrected chi connectivity index (χ3v) is 2.49. The molecule has 0 fully saturated rings. The second-order valence-corrected chi connectivity index (χ2v) is 6.15. The van der Waals surface area contributed by atoms with Crippen molar-refractivity contribution in [1.82, 2.24) is 0 Å². The van der Waals surface area contributed by atoms with E-state index in [1.807, 2.05) is 41.5 Å². The van der Waals surface area contributed by atoms with Gasteiger partial charge < -0.3 is 0 Å². The molecule has 0 saturated carbocycles. The molecule has 0 aliphatic rings. The lowest BCUT2D eigenvalue weighted by Crippen LogP contribution is -2.18. The van der Waals surface area contributed by atoms with Gasteiger partial charge in [-0.1, -0.05) is 41.5 Å². The summed E-state index contributed by atoms with van der Waals surface area (Å²) in [6.07, 6.45) is 0. The fourth-order valence-electron chi connectivity index (χ4n) is 1.10. The fraction of sp³-hybridized carbons (Fsp3) is 0.667. The molecular weight excluding hydrogens is 187 g/mol. The Kier molecular flexibility index (Phi) is 4.86. The normalized spacial score (nSPS) is 16.6. The molecule has 0 bridgehead atoms. The third kappa shape index (κ3) is 3.96. The van der Waals surface area contributed by atoms with Crippen LogP contribution in [-0.2, 0) is 0 Å². The van der Waals surface area contributed by atoms with Gasteiger partial charge in [0.15, 0.2) is 0 Å². The quantitative estimate of drug-likeness (QED) is 0.455. The van der Waals surface area contributed by atoms with Gasteiger partial charge in [-0.2, -0.15) is 0 Å². The Hall–Kier alpha value is -0.260. The van der Waals surface area contributed by atoms with E-state index in [9.17, 15) is 0 Å². The van der Waals surface area contributed by atoms with Gasteiger partial charge in [0.25, 0.3) is 0 Å². The van der Waals surface area contributed by atoms with Gasteiger partial charge in [0.2, 0.25) is 0 Å². The van der Waals surface area contributed by atoms with Crippen LogP contribution in [0.2, 0.25) is 0 Å². The lowest BCUT2D eigenvalue weighted by atomic mass is 9.58. The Morgan fingerprint density at radius 3 is 0.875 bits per heavy atom. The molecule has 16 heavy (non-hydrogen) atoms. The summed E-state index contributed by atoms with van der Waals surface area (Å²) in [4.78, 5) is 0. The van der Waals surface area contributed by atoms with E-state index in [0.717, 1.165) is 0 Å². The molecular formula is C12H18B4. The third-order valence-electron chi connectivity index (χ3n) is 2.49. The summed E-state index contributed by atoms with van der Waals surface area (Å²) in [6.45, 7) is 11.9. The van der Waals surface area contributed by atoms with E-state index in [1.165, 1.54) is 0 Å². The van der Waals surface area contributed by atoms with Gasteiger partial charge in [-0.15, -0.1) is 21.9 Å².